The molecule has 0 aliphatic heterocycles. The molecule has 0 saturated heterocycles. The lowest BCUT2D eigenvalue weighted by atomic mass is 9.99. The Labute approximate surface area is 294 Å². The van der Waals surface area contributed by atoms with Gasteiger partial charge in [-0.25, -0.2) is 0 Å². The monoisotopic (exact) mass is 698 g/mol. The third-order valence-corrected chi connectivity index (χ3v) is 24.3. The molecule has 0 amide bonds. The SMILES string of the molecule is C#CC[C@H](O[Si](C)(C)C(C)(C)C)c1cccc([C@@H](CC(=O)C#CCCCCC[C@@H](C)O[Si](C)(C)C(C)(C)C)O[Si](C)(C)C(C)(C)C)c1. The largest absolute Gasteiger partial charge is 0.414 e. The zero-order valence-corrected chi connectivity index (χ0v) is 36.2. The number of Topliss-reactive ketones (excluding diaryl/α,β-unsaturated/α-hetero) is 1. The highest BCUT2D eigenvalue weighted by molar-refractivity contribution is 6.75. The molecular weight excluding hydrogens is 629 g/mol. The van der Waals surface area contributed by atoms with Gasteiger partial charge in [0.1, 0.15) is 0 Å². The van der Waals surface area contributed by atoms with Gasteiger partial charge in [-0.1, -0.05) is 105 Å². The highest BCUT2D eigenvalue weighted by Gasteiger charge is 2.41. The Balaban J connectivity index is 3.03. The van der Waals surface area contributed by atoms with Gasteiger partial charge in [0.05, 0.1) is 12.2 Å². The summed E-state index contributed by atoms with van der Waals surface area (Å²) in [4.78, 5) is 13.3. The van der Waals surface area contributed by atoms with Crippen LogP contribution in [0.2, 0.25) is 54.4 Å². The first kappa shape index (κ1) is 43.6. The first-order chi connectivity index (χ1) is 21.2. The molecule has 0 fully saturated rings. The molecular formula is C40H70O4Si3. The van der Waals surface area contributed by atoms with Crippen LogP contribution in [-0.2, 0) is 18.1 Å². The lowest BCUT2D eigenvalue weighted by Crippen LogP contribution is -2.43. The van der Waals surface area contributed by atoms with Crippen molar-refractivity contribution in [1.82, 2.24) is 0 Å². The summed E-state index contributed by atoms with van der Waals surface area (Å²) >= 11 is 0. The lowest BCUT2D eigenvalue weighted by Gasteiger charge is -2.40. The molecule has 1 rings (SSSR count). The molecule has 0 saturated carbocycles. The molecule has 0 unspecified atom stereocenters. The number of benzene rings is 1. The fraction of sp³-hybridized carbons (Fsp3) is 0.725. The predicted octanol–water partition coefficient (Wildman–Crippen LogP) is 12.2. The summed E-state index contributed by atoms with van der Waals surface area (Å²) in [6, 6.07) is 8.34. The maximum atomic E-state index is 13.3. The van der Waals surface area contributed by atoms with E-state index < -0.39 is 25.0 Å². The van der Waals surface area contributed by atoms with Crippen LogP contribution in [0, 0.1) is 24.2 Å². The molecule has 3 atom stereocenters. The predicted molar refractivity (Wildman–Crippen MR) is 210 cm³/mol. The molecule has 1 aromatic rings. The van der Waals surface area contributed by atoms with Crippen molar-refractivity contribution in [3.05, 3.63) is 35.4 Å². The van der Waals surface area contributed by atoms with Gasteiger partial charge in [-0.15, -0.1) is 12.3 Å². The quantitative estimate of drug-likeness (QED) is 0.0746. The standard InChI is InChI=1S/C40H70O4Si3/c1-18-25-36(43-46(14,15)39(6,7)8)33-27-24-28-34(30-33)37(44-47(16,17)40(9,10)11)31-35(41)29-23-21-19-20-22-26-32(2)42-45(12,13)38(3,4)5/h1,24,27-28,30,32,36-37H,19-22,25-26,31H2,2-17H3/t32-,36+,37-/m1/s1. The van der Waals surface area contributed by atoms with Gasteiger partial charge in [0, 0.05) is 25.4 Å². The summed E-state index contributed by atoms with van der Waals surface area (Å²) in [5, 5.41) is 0.292. The zero-order chi connectivity index (χ0) is 36.5. The van der Waals surface area contributed by atoms with Crippen molar-refractivity contribution in [2.24, 2.45) is 0 Å². The van der Waals surface area contributed by atoms with Crippen LogP contribution < -0.4 is 0 Å². The zero-order valence-electron chi connectivity index (χ0n) is 33.2. The van der Waals surface area contributed by atoms with Gasteiger partial charge in [0.15, 0.2) is 25.0 Å². The van der Waals surface area contributed by atoms with Crippen molar-refractivity contribution < 1.29 is 18.1 Å². The van der Waals surface area contributed by atoms with Crippen molar-refractivity contribution in [1.29, 1.82) is 0 Å². The van der Waals surface area contributed by atoms with E-state index in [1.807, 2.05) is 6.07 Å². The number of carbonyl (C=O) groups excluding carboxylic acids is 1. The van der Waals surface area contributed by atoms with E-state index in [2.05, 4.69) is 144 Å². The maximum absolute atomic E-state index is 13.3. The first-order valence-corrected chi connectivity index (χ1v) is 26.5. The molecule has 47 heavy (non-hydrogen) atoms. The van der Waals surface area contributed by atoms with Gasteiger partial charge in [-0.05, 0) is 91.2 Å². The Bertz CT molecular complexity index is 1240. The number of hydrogen-bond acceptors (Lipinski definition) is 4. The Morgan fingerprint density at radius 1 is 0.745 bits per heavy atom. The second-order valence-electron chi connectivity index (χ2n) is 18.0. The van der Waals surface area contributed by atoms with Gasteiger partial charge in [-0.2, -0.15) is 0 Å². The second-order valence-corrected chi connectivity index (χ2v) is 32.3. The van der Waals surface area contributed by atoms with Crippen molar-refractivity contribution in [3.63, 3.8) is 0 Å². The Morgan fingerprint density at radius 2 is 1.21 bits per heavy atom. The number of carbonyl (C=O) groups is 1. The molecule has 0 bridgehead atoms. The van der Waals surface area contributed by atoms with E-state index in [0.29, 0.717) is 6.42 Å². The summed E-state index contributed by atoms with van der Waals surface area (Å²) in [6.45, 7) is 36.1. The number of terminal acetylenes is 1. The molecule has 4 nitrogen and oxygen atoms in total. The van der Waals surface area contributed by atoms with Crippen LogP contribution in [0.4, 0.5) is 0 Å². The van der Waals surface area contributed by atoms with Gasteiger partial charge < -0.3 is 13.3 Å². The van der Waals surface area contributed by atoms with E-state index in [4.69, 9.17) is 19.7 Å². The van der Waals surface area contributed by atoms with Gasteiger partial charge in [0.25, 0.3) is 0 Å². The Kier molecular flexibility index (Phi) is 16.2. The van der Waals surface area contributed by atoms with Gasteiger partial charge >= 0.3 is 0 Å². The minimum Gasteiger partial charge on any atom is -0.414 e. The molecule has 1 aromatic carbocycles. The second kappa shape index (κ2) is 17.5. The third-order valence-electron chi connectivity index (χ3n) is 10.8. The highest BCUT2D eigenvalue weighted by atomic mass is 28.4. The van der Waals surface area contributed by atoms with Crippen molar-refractivity contribution in [2.75, 3.05) is 0 Å². The van der Waals surface area contributed by atoms with E-state index in [-0.39, 0.29) is 45.6 Å². The average molecular weight is 699 g/mol. The van der Waals surface area contributed by atoms with E-state index in [9.17, 15) is 4.79 Å². The van der Waals surface area contributed by atoms with E-state index in [1.165, 1.54) is 0 Å². The molecule has 0 aliphatic carbocycles. The molecule has 0 N–H and O–H groups in total. The van der Waals surface area contributed by atoms with E-state index in [1.54, 1.807) is 0 Å². The van der Waals surface area contributed by atoms with Crippen LogP contribution in [0.3, 0.4) is 0 Å². The summed E-state index contributed by atoms with van der Waals surface area (Å²) in [5.74, 6) is 8.86. The molecule has 0 spiro atoms. The molecule has 0 aliphatic rings. The average Bonchev–Trinajstić information content (AvgIpc) is 2.89. The Hall–Kier alpha value is -1.46. The molecule has 266 valence electrons. The number of ketones is 1. The molecule has 7 heteroatoms. The van der Waals surface area contributed by atoms with Crippen LogP contribution in [0.25, 0.3) is 0 Å². The van der Waals surface area contributed by atoms with Crippen LogP contribution in [-0.4, -0.2) is 36.8 Å². The topological polar surface area (TPSA) is 44.8 Å². The first-order valence-electron chi connectivity index (χ1n) is 17.8. The summed E-state index contributed by atoms with van der Waals surface area (Å²) in [6.07, 6.45) is 11.2. The van der Waals surface area contributed by atoms with Crippen LogP contribution in [0.1, 0.15) is 138 Å². The van der Waals surface area contributed by atoms with E-state index in [0.717, 1.165) is 43.2 Å². The molecule has 0 aromatic heterocycles. The van der Waals surface area contributed by atoms with Crippen molar-refractivity contribution in [3.8, 4) is 24.2 Å². The molecule has 0 heterocycles. The van der Waals surface area contributed by atoms with E-state index >= 15 is 0 Å². The van der Waals surface area contributed by atoms with Crippen LogP contribution >= 0.6 is 0 Å². The summed E-state index contributed by atoms with van der Waals surface area (Å²) in [5.41, 5.74) is 2.02. The minimum atomic E-state index is -2.19. The van der Waals surface area contributed by atoms with Crippen LogP contribution in [0.15, 0.2) is 24.3 Å². The highest BCUT2D eigenvalue weighted by Crippen LogP contribution is 2.43. The fourth-order valence-electron chi connectivity index (χ4n) is 4.53. The van der Waals surface area contributed by atoms with Gasteiger partial charge in [-0.3, -0.25) is 4.79 Å². The minimum absolute atomic E-state index is 0.00224. The third kappa shape index (κ3) is 14.1. The van der Waals surface area contributed by atoms with Crippen molar-refractivity contribution >= 4 is 30.7 Å². The summed E-state index contributed by atoms with van der Waals surface area (Å²) < 4.78 is 20.2. The number of hydrogen-bond donors (Lipinski definition) is 0. The Morgan fingerprint density at radius 3 is 1.70 bits per heavy atom. The number of unbranched alkanes of at least 4 members (excludes halogenated alkanes) is 3. The van der Waals surface area contributed by atoms with Crippen molar-refractivity contribution in [2.45, 2.75) is 187 Å². The summed E-state index contributed by atoms with van der Waals surface area (Å²) in [7, 11) is -6.00. The lowest BCUT2D eigenvalue weighted by molar-refractivity contribution is -0.115. The van der Waals surface area contributed by atoms with Crippen LogP contribution in [0.5, 0.6) is 0 Å². The fourth-order valence-corrected chi connectivity index (χ4v) is 8.57. The normalized spacial score (nSPS) is 15.3. The van der Waals surface area contributed by atoms with Gasteiger partial charge in [0.2, 0.25) is 5.78 Å². The number of rotatable bonds is 16. The smallest absolute Gasteiger partial charge is 0.208 e. The maximum Gasteiger partial charge on any atom is 0.208 e. The molecule has 0 radical (unpaired) electrons.